The van der Waals surface area contributed by atoms with Gasteiger partial charge in [0.2, 0.25) is 0 Å². The standard InChI is InChI=1S/C5H13NO2Si/c1-9(7,8)5-2-3-6-4-5/h5-8H,2-4H2,1H3. The molecule has 0 saturated carbocycles. The molecule has 3 nitrogen and oxygen atoms in total. The highest BCUT2D eigenvalue weighted by Crippen LogP contribution is 2.22. The third kappa shape index (κ3) is 1.75. The van der Waals surface area contributed by atoms with Crippen LogP contribution in [0.5, 0.6) is 0 Å². The highest BCUT2D eigenvalue weighted by molar-refractivity contribution is 6.65. The van der Waals surface area contributed by atoms with E-state index in [1.807, 2.05) is 0 Å². The van der Waals surface area contributed by atoms with Gasteiger partial charge in [-0.3, -0.25) is 0 Å². The van der Waals surface area contributed by atoms with Crippen LogP contribution in [0.1, 0.15) is 6.42 Å². The molecular weight excluding hydrogens is 134 g/mol. The summed E-state index contributed by atoms with van der Waals surface area (Å²) in [7, 11) is -2.79. The Hall–Kier alpha value is 0.0969. The van der Waals surface area contributed by atoms with E-state index in [1.165, 1.54) is 0 Å². The van der Waals surface area contributed by atoms with Crippen LogP contribution in [-0.2, 0) is 0 Å². The van der Waals surface area contributed by atoms with Gasteiger partial charge in [0.25, 0.3) is 0 Å². The second kappa shape index (κ2) is 2.38. The fourth-order valence-corrected chi connectivity index (χ4v) is 2.34. The van der Waals surface area contributed by atoms with Gasteiger partial charge in [-0.25, -0.2) is 0 Å². The summed E-state index contributed by atoms with van der Waals surface area (Å²) >= 11 is 0. The van der Waals surface area contributed by atoms with Crippen molar-refractivity contribution in [3.8, 4) is 0 Å². The molecule has 4 heteroatoms. The van der Waals surface area contributed by atoms with Gasteiger partial charge in [0, 0.05) is 12.1 Å². The Labute approximate surface area is 56.0 Å². The van der Waals surface area contributed by atoms with Crippen molar-refractivity contribution < 1.29 is 9.59 Å². The quantitative estimate of drug-likeness (QED) is 0.434. The summed E-state index contributed by atoms with van der Waals surface area (Å²) in [6.45, 7) is 3.30. The van der Waals surface area contributed by atoms with E-state index in [1.54, 1.807) is 6.55 Å². The summed E-state index contributed by atoms with van der Waals surface area (Å²) in [5.41, 5.74) is 0.150. The Kier molecular flexibility index (Phi) is 1.90. The smallest absolute Gasteiger partial charge is 0.334 e. The molecule has 1 fully saturated rings. The van der Waals surface area contributed by atoms with Crippen LogP contribution < -0.4 is 5.32 Å². The molecule has 0 aliphatic carbocycles. The summed E-state index contributed by atoms with van der Waals surface area (Å²) in [4.78, 5) is 18.3. The Morgan fingerprint density at radius 1 is 1.56 bits per heavy atom. The second-order valence-corrected chi connectivity index (χ2v) is 5.79. The fourth-order valence-electron chi connectivity index (χ4n) is 1.12. The number of nitrogens with one attached hydrogen (secondary N) is 1. The van der Waals surface area contributed by atoms with Gasteiger partial charge in [0.15, 0.2) is 0 Å². The van der Waals surface area contributed by atoms with Gasteiger partial charge in [-0.2, -0.15) is 0 Å². The molecule has 1 unspecified atom stereocenters. The lowest BCUT2D eigenvalue weighted by atomic mass is 10.4. The molecule has 1 aliphatic rings. The van der Waals surface area contributed by atoms with E-state index in [4.69, 9.17) is 0 Å². The molecule has 0 aromatic heterocycles. The molecule has 1 rings (SSSR count). The zero-order valence-electron chi connectivity index (χ0n) is 5.59. The molecule has 9 heavy (non-hydrogen) atoms. The van der Waals surface area contributed by atoms with Crippen LogP contribution >= 0.6 is 0 Å². The Balaban J connectivity index is 2.42. The average molecular weight is 147 g/mol. The van der Waals surface area contributed by atoms with Gasteiger partial charge in [0.1, 0.15) is 0 Å². The van der Waals surface area contributed by atoms with Crippen molar-refractivity contribution in [2.45, 2.75) is 18.5 Å². The van der Waals surface area contributed by atoms with Gasteiger partial charge < -0.3 is 14.9 Å². The van der Waals surface area contributed by atoms with E-state index in [0.717, 1.165) is 19.5 Å². The maximum absolute atomic E-state index is 9.17. The summed E-state index contributed by atoms with van der Waals surface area (Å²) < 4.78 is 0. The van der Waals surface area contributed by atoms with Gasteiger partial charge in [-0.15, -0.1) is 0 Å². The first-order chi connectivity index (χ1) is 4.11. The topological polar surface area (TPSA) is 52.5 Å². The third-order valence-corrected chi connectivity index (χ3v) is 3.87. The maximum atomic E-state index is 9.17. The molecule has 1 heterocycles. The summed E-state index contributed by atoms with van der Waals surface area (Å²) in [6.07, 6.45) is 0.926. The Bertz CT molecular complexity index is 95.6. The highest BCUT2D eigenvalue weighted by Gasteiger charge is 2.35. The highest BCUT2D eigenvalue weighted by atomic mass is 28.4. The molecule has 1 aliphatic heterocycles. The van der Waals surface area contributed by atoms with Crippen LogP contribution in [0.3, 0.4) is 0 Å². The van der Waals surface area contributed by atoms with Gasteiger partial charge in [-0.1, -0.05) is 0 Å². The largest absolute Gasteiger partial charge is 0.411 e. The minimum Gasteiger partial charge on any atom is -0.411 e. The molecular formula is C5H13NO2Si. The van der Waals surface area contributed by atoms with E-state index in [2.05, 4.69) is 5.32 Å². The van der Waals surface area contributed by atoms with Gasteiger partial charge in [0.05, 0.1) is 0 Å². The van der Waals surface area contributed by atoms with Crippen molar-refractivity contribution >= 4 is 8.56 Å². The molecule has 1 saturated heterocycles. The predicted octanol–water partition coefficient (Wildman–Crippen LogP) is -0.594. The zero-order chi connectivity index (χ0) is 6.91. The first-order valence-electron chi connectivity index (χ1n) is 3.26. The van der Waals surface area contributed by atoms with Crippen LogP contribution in [0.2, 0.25) is 12.1 Å². The first kappa shape index (κ1) is 7.21. The summed E-state index contributed by atoms with van der Waals surface area (Å²) in [5, 5.41) is 3.09. The van der Waals surface area contributed by atoms with Crippen molar-refractivity contribution in [1.29, 1.82) is 0 Å². The Morgan fingerprint density at radius 2 is 2.22 bits per heavy atom. The van der Waals surface area contributed by atoms with Crippen molar-refractivity contribution in [1.82, 2.24) is 5.32 Å². The second-order valence-electron chi connectivity index (χ2n) is 2.78. The normalized spacial score (nSPS) is 29.0. The summed E-state index contributed by atoms with van der Waals surface area (Å²) in [6, 6.07) is 0. The van der Waals surface area contributed by atoms with Crippen molar-refractivity contribution in [2.24, 2.45) is 0 Å². The van der Waals surface area contributed by atoms with Crippen molar-refractivity contribution in [2.75, 3.05) is 13.1 Å². The van der Waals surface area contributed by atoms with Crippen LogP contribution in [0, 0.1) is 0 Å². The van der Waals surface area contributed by atoms with Crippen molar-refractivity contribution in [3.63, 3.8) is 0 Å². The SMILES string of the molecule is C[Si](O)(O)C1CCNC1. The molecule has 3 N–H and O–H groups in total. The van der Waals surface area contributed by atoms with E-state index >= 15 is 0 Å². The lowest BCUT2D eigenvalue weighted by Gasteiger charge is -2.17. The third-order valence-electron chi connectivity index (χ3n) is 1.83. The van der Waals surface area contributed by atoms with Crippen LogP contribution in [0.25, 0.3) is 0 Å². The molecule has 0 aromatic carbocycles. The number of hydrogen-bond donors (Lipinski definition) is 3. The van der Waals surface area contributed by atoms with Gasteiger partial charge >= 0.3 is 8.56 Å². The minimum absolute atomic E-state index is 0.150. The first-order valence-corrected chi connectivity index (χ1v) is 5.73. The Morgan fingerprint density at radius 3 is 2.44 bits per heavy atom. The van der Waals surface area contributed by atoms with E-state index in [-0.39, 0.29) is 5.54 Å². The predicted molar refractivity (Wildman–Crippen MR) is 37.3 cm³/mol. The summed E-state index contributed by atoms with van der Waals surface area (Å²) in [5.74, 6) is 0. The minimum atomic E-state index is -2.79. The average Bonchev–Trinajstić information content (AvgIpc) is 2.08. The van der Waals surface area contributed by atoms with E-state index in [0.29, 0.717) is 0 Å². The lowest BCUT2D eigenvalue weighted by molar-refractivity contribution is 0.351. The van der Waals surface area contributed by atoms with Crippen LogP contribution in [0.15, 0.2) is 0 Å². The van der Waals surface area contributed by atoms with E-state index in [9.17, 15) is 9.59 Å². The van der Waals surface area contributed by atoms with E-state index < -0.39 is 8.56 Å². The monoisotopic (exact) mass is 147 g/mol. The zero-order valence-corrected chi connectivity index (χ0v) is 6.59. The molecule has 1 atom stereocenters. The molecule has 0 amide bonds. The number of hydrogen-bond acceptors (Lipinski definition) is 3. The van der Waals surface area contributed by atoms with Crippen LogP contribution in [0.4, 0.5) is 0 Å². The molecule has 0 aromatic rings. The molecule has 0 bridgehead atoms. The molecule has 0 spiro atoms. The van der Waals surface area contributed by atoms with Crippen molar-refractivity contribution in [3.05, 3.63) is 0 Å². The number of rotatable bonds is 1. The maximum Gasteiger partial charge on any atom is 0.334 e. The van der Waals surface area contributed by atoms with Crippen LogP contribution in [-0.4, -0.2) is 31.2 Å². The molecule has 54 valence electrons. The lowest BCUT2D eigenvalue weighted by Crippen LogP contribution is -2.37. The van der Waals surface area contributed by atoms with Gasteiger partial charge in [-0.05, 0) is 19.5 Å². The fraction of sp³-hybridized carbons (Fsp3) is 1.00. The molecule has 0 radical (unpaired) electrons.